The highest BCUT2D eigenvalue weighted by molar-refractivity contribution is 6.32. The Morgan fingerprint density at radius 3 is 2.56 bits per heavy atom. The van der Waals surface area contributed by atoms with Gasteiger partial charge < -0.3 is 23.8 Å². The van der Waals surface area contributed by atoms with Gasteiger partial charge in [-0.05, 0) is 36.2 Å². The second-order valence-corrected chi connectivity index (χ2v) is 8.02. The van der Waals surface area contributed by atoms with Gasteiger partial charge in [0.1, 0.15) is 17.2 Å². The number of halogens is 1. The highest BCUT2D eigenvalue weighted by Gasteiger charge is 2.13. The zero-order valence-corrected chi connectivity index (χ0v) is 19.5. The molecule has 0 atom stereocenters. The van der Waals surface area contributed by atoms with E-state index in [1.165, 1.54) is 0 Å². The molecule has 0 aliphatic carbocycles. The molecule has 7 nitrogen and oxygen atoms in total. The van der Waals surface area contributed by atoms with E-state index in [1.54, 1.807) is 25.2 Å². The van der Waals surface area contributed by atoms with Crippen molar-refractivity contribution in [1.29, 1.82) is 0 Å². The maximum absolute atomic E-state index is 11.7. The number of rotatable bonds is 12. The van der Waals surface area contributed by atoms with E-state index < -0.39 is 0 Å². The van der Waals surface area contributed by atoms with Crippen LogP contribution >= 0.6 is 11.6 Å². The van der Waals surface area contributed by atoms with Gasteiger partial charge in [0.05, 0.1) is 39.1 Å². The monoisotopic (exact) mass is 462 g/mol. The third-order valence-electron chi connectivity index (χ3n) is 5.38. The maximum atomic E-state index is 11.7. The lowest BCUT2D eigenvalue weighted by atomic mass is 10.1. The fraction of sp³-hybridized carbons (Fsp3) is 0.458. The number of carbonyl (C=O) groups excluding carboxylic acids is 1. The van der Waals surface area contributed by atoms with Crippen molar-refractivity contribution >= 4 is 18.0 Å². The molecule has 0 aromatic heterocycles. The molecule has 0 unspecified atom stereocenters. The zero-order valence-electron chi connectivity index (χ0n) is 18.7. The van der Waals surface area contributed by atoms with Gasteiger partial charge in [-0.3, -0.25) is 9.69 Å². The lowest BCUT2D eigenvalue weighted by Gasteiger charge is -2.26. The van der Waals surface area contributed by atoms with Crippen LogP contribution in [0.15, 0.2) is 36.4 Å². The van der Waals surface area contributed by atoms with E-state index in [0.29, 0.717) is 42.0 Å². The Labute approximate surface area is 194 Å². The second kappa shape index (κ2) is 12.5. The summed E-state index contributed by atoms with van der Waals surface area (Å²) in [4.78, 5) is 15.7. The molecule has 2 aromatic carbocycles. The van der Waals surface area contributed by atoms with Crippen LogP contribution in [0.1, 0.15) is 17.5 Å². The molecule has 2 aromatic rings. The first kappa shape index (κ1) is 24.2. The van der Waals surface area contributed by atoms with Crippen LogP contribution in [-0.4, -0.2) is 69.9 Å². The summed E-state index contributed by atoms with van der Waals surface area (Å²) in [6.45, 7) is 5.99. The first-order valence-corrected chi connectivity index (χ1v) is 11.1. The SMILES string of the molecule is COc1ccc(CN(C=O)Cc2ccc(OCCCN3CCOCC3)c(Cl)c2)c(OC)c1. The van der Waals surface area contributed by atoms with Gasteiger partial charge in [-0.25, -0.2) is 0 Å². The zero-order chi connectivity index (χ0) is 22.8. The third kappa shape index (κ3) is 7.02. The largest absolute Gasteiger partial charge is 0.497 e. The van der Waals surface area contributed by atoms with Crippen LogP contribution in [0.4, 0.5) is 0 Å². The highest BCUT2D eigenvalue weighted by Crippen LogP contribution is 2.28. The number of carbonyl (C=O) groups is 1. The minimum atomic E-state index is 0.411. The van der Waals surface area contributed by atoms with E-state index in [4.69, 9.17) is 30.5 Å². The van der Waals surface area contributed by atoms with Crippen LogP contribution in [0.25, 0.3) is 0 Å². The fourth-order valence-corrected chi connectivity index (χ4v) is 3.88. The summed E-state index contributed by atoms with van der Waals surface area (Å²) in [7, 11) is 3.20. The van der Waals surface area contributed by atoms with Gasteiger partial charge in [-0.15, -0.1) is 0 Å². The number of hydrogen-bond donors (Lipinski definition) is 0. The number of hydrogen-bond acceptors (Lipinski definition) is 6. The van der Waals surface area contributed by atoms with Gasteiger partial charge in [-0.1, -0.05) is 17.7 Å². The predicted molar refractivity (Wildman–Crippen MR) is 124 cm³/mol. The minimum absolute atomic E-state index is 0.411. The Morgan fingerprint density at radius 2 is 1.88 bits per heavy atom. The molecule has 1 saturated heterocycles. The van der Waals surface area contributed by atoms with Crippen molar-refractivity contribution in [3.05, 3.63) is 52.5 Å². The van der Waals surface area contributed by atoms with Gasteiger partial charge in [-0.2, -0.15) is 0 Å². The molecule has 3 rings (SSSR count). The number of methoxy groups -OCH3 is 2. The van der Waals surface area contributed by atoms with Crippen molar-refractivity contribution in [3.63, 3.8) is 0 Å². The lowest BCUT2D eigenvalue weighted by Crippen LogP contribution is -2.37. The predicted octanol–water partition coefficient (Wildman–Crippen LogP) is 3.62. The molecule has 1 aliphatic rings. The molecule has 1 heterocycles. The molecule has 1 amide bonds. The van der Waals surface area contributed by atoms with E-state index in [-0.39, 0.29) is 0 Å². The maximum Gasteiger partial charge on any atom is 0.210 e. The first-order chi connectivity index (χ1) is 15.6. The average molecular weight is 463 g/mol. The van der Waals surface area contributed by atoms with Crippen LogP contribution in [-0.2, 0) is 22.6 Å². The molecule has 32 heavy (non-hydrogen) atoms. The fourth-order valence-electron chi connectivity index (χ4n) is 3.62. The van der Waals surface area contributed by atoms with E-state index in [9.17, 15) is 4.79 Å². The topological polar surface area (TPSA) is 60.5 Å². The van der Waals surface area contributed by atoms with Crippen LogP contribution in [0.5, 0.6) is 17.2 Å². The third-order valence-corrected chi connectivity index (χ3v) is 5.67. The summed E-state index contributed by atoms with van der Waals surface area (Å²) in [5.74, 6) is 2.04. The molecule has 1 aliphatic heterocycles. The van der Waals surface area contributed by atoms with Crippen molar-refractivity contribution in [2.45, 2.75) is 19.5 Å². The summed E-state index contributed by atoms with van der Waals surface area (Å²) < 4.78 is 21.9. The summed E-state index contributed by atoms with van der Waals surface area (Å²) in [5, 5.41) is 0.543. The van der Waals surface area contributed by atoms with E-state index >= 15 is 0 Å². The average Bonchev–Trinajstić information content (AvgIpc) is 2.83. The summed E-state index contributed by atoms with van der Waals surface area (Å²) in [6, 6.07) is 11.2. The van der Waals surface area contributed by atoms with Gasteiger partial charge in [0.2, 0.25) is 6.41 Å². The standard InChI is InChI=1S/C24H31ClN2O5/c1-29-21-6-5-20(24(15-21)30-2)17-27(18-28)16-19-4-7-23(22(25)14-19)32-11-3-8-26-9-12-31-13-10-26/h4-7,14-15,18H,3,8-13,16-17H2,1-2H3. The number of amides is 1. The highest BCUT2D eigenvalue weighted by atomic mass is 35.5. The van der Waals surface area contributed by atoms with E-state index in [1.807, 2.05) is 30.3 Å². The molecular formula is C24H31ClN2O5. The minimum Gasteiger partial charge on any atom is -0.497 e. The molecule has 0 bridgehead atoms. The van der Waals surface area contributed by atoms with Crippen LogP contribution < -0.4 is 14.2 Å². The molecule has 0 radical (unpaired) electrons. The Bertz CT molecular complexity index is 873. The van der Waals surface area contributed by atoms with Crippen molar-refractivity contribution in [1.82, 2.24) is 9.80 Å². The summed E-state index contributed by atoms with van der Waals surface area (Å²) >= 11 is 6.43. The van der Waals surface area contributed by atoms with Crippen molar-refractivity contribution in [3.8, 4) is 17.2 Å². The van der Waals surface area contributed by atoms with Crippen LogP contribution in [0, 0.1) is 0 Å². The molecule has 0 saturated carbocycles. The molecule has 1 fully saturated rings. The van der Waals surface area contributed by atoms with Gasteiger partial charge >= 0.3 is 0 Å². The number of ether oxygens (including phenoxy) is 4. The molecule has 0 N–H and O–H groups in total. The Balaban J connectivity index is 1.52. The quantitative estimate of drug-likeness (QED) is 0.354. The summed E-state index contributed by atoms with van der Waals surface area (Å²) in [5.41, 5.74) is 1.82. The van der Waals surface area contributed by atoms with Crippen molar-refractivity contribution < 1.29 is 23.7 Å². The Kier molecular flexibility index (Phi) is 9.46. The molecular weight excluding hydrogens is 432 g/mol. The van der Waals surface area contributed by atoms with Crippen LogP contribution in [0.3, 0.4) is 0 Å². The second-order valence-electron chi connectivity index (χ2n) is 7.61. The number of nitrogens with zero attached hydrogens (tertiary/aromatic N) is 2. The van der Waals surface area contributed by atoms with Gasteiger partial charge in [0.15, 0.2) is 0 Å². The number of morpholine rings is 1. The van der Waals surface area contributed by atoms with Crippen molar-refractivity contribution in [2.24, 2.45) is 0 Å². The summed E-state index contributed by atoms with van der Waals surface area (Å²) in [6.07, 6.45) is 1.76. The van der Waals surface area contributed by atoms with Gasteiger partial charge in [0, 0.05) is 44.4 Å². The lowest BCUT2D eigenvalue weighted by molar-refractivity contribution is -0.119. The van der Waals surface area contributed by atoms with Crippen molar-refractivity contribution in [2.75, 3.05) is 53.7 Å². The molecule has 174 valence electrons. The van der Waals surface area contributed by atoms with Crippen LogP contribution in [0.2, 0.25) is 5.02 Å². The molecule has 8 heteroatoms. The smallest absolute Gasteiger partial charge is 0.210 e. The van der Waals surface area contributed by atoms with E-state index in [2.05, 4.69) is 4.90 Å². The Morgan fingerprint density at radius 1 is 1.06 bits per heavy atom. The van der Waals surface area contributed by atoms with E-state index in [0.717, 1.165) is 56.8 Å². The van der Waals surface area contributed by atoms with Gasteiger partial charge in [0.25, 0.3) is 0 Å². The Hall–Kier alpha value is -2.48. The normalized spacial score (nSPS) is 14.1. The molecule has 0 spiro atoms. The number of benzene rings is 2. The first-order valence-electron chi connectivity index (χ1n) is 10.7.